The number of carbonyl (C=O) groups is 2. The van der Waals surface area contributed by atoms with Gasteiger partial charge >= 0.3 is 5.97 Å². The molecule has 1 rings (SSSR count). The number of hydrogen-bond acceptors (Lipinski definition) is 4. The van der Waals surface area contributed by atoms with Crippen molar-refractivity contribution in [3.63, 3.8) is 0 Å². The first kappa shape index (κ1) is 17.2. The van der Waals surface area contributed by atoms with Crippen molar-refractivity contribution in [2.45, 2.75) is 27.7 Å². The van der Waals surface area contributed by atoms with Gasteiger partial charge in [0.2, 0.25) is 5.91 Å². The van der Waals surface area contributed by atoms with Crippen LogP contribution in [-0.2, 0) is 16.6 Å². The summed E-state index contributed by atoms with van der Waals surface area (Å²) in [5, 5.41) is 16.0. The lowest BCUT2D eigenvalue weighted by atomic mass is 10.2. The summed E-state index contributed by atoms with van der Waals surface area (Å²) in [7, 11) is 1.81. The van der Waals surface area contributed by atoms with E-state index in [0.29, 0.717) is 18.2 Å². The number of hydrogen-bond donors (Lipinski definition) is 2. The van der Waals surface area contributed by atoms with Crippen LogP contribution in [0.4, 0.5) is 5.69 Å². The molecule has 0 spiro atoms. The molecule has 0 aliphatic carbocycles. The average Bonchev–Trinajstić information content (AvgIpc) is 2.54. The molecule has 0 fully saturated rings. The van der Waals surface area contributed by atoms with Gasteiger partial charge in [0.05, 0.1) is 30.2 Å². The number of amides is 1. The number of carboxylic acids is 1. The molecule has 0 bridgehead atoms. The van der Waals surface area contributed by atoms with E-state index in [2.05, 4.69) is 10.4 Å². The lowest BCUT2D eigenvalue weighted by molar-refractivity contribution is -0.138. The van der Waals surface area contributed by atoms with Crippen molar-refractivity contribution in [3.8, 4) is 0 Å². The van der Waals surface area contributed by atoms with E-state index in [-0.39, 0.29) is 19.0 Å². The first-order valence-corrected chi connectivity index (χ1v) is 6.95. The first-order chi connectivity index (χ1) is 9.70. The Balaban J connectivity index is 2.71. The highest BCUT2D eigenvalue weighted by atomic mass is 16.4. The van der Waals surface area contributed by atoms with Crippen molar-refractivity contribution in [3.05, 3.63) is 11.4 Å². The summed E-state index contributed by atoms with van der Waals surface area (Å²) < 4.78 is 1.70. The molecule has 1 aromatic rings. The molecule has 0 saturated carbocycles. The largest absolute Gasteiger partial charge is 0.480 e. The molecule has 1 aromatic heterocycles. The highest BCUT2D eigenvalue weighted by Crippen LogP contribution is 2.18. The third-order valence-electron chi connectivity index (χ3n) is 3.12. The molecule has 0 aliphatic heterocycles. The standard InChI is InChI=1S/C14H24N4O3/c1-9(2)6-18(8-13(20)21)7-12(19)15-14-10(3)16-17(5)11(14)4/h9H,6-8H2,1-5H3,(H,15,19)(H,20,21). The molecule has 21 heavy (non-hydrogen) atoms. The van der Waals surface area contributed by atoms with Crippen LogP contribution in [0.3, 0.4) is 0 Å². The normalized spacial score (nSPS) is 11.2. The van der Waals surface area contributed by atoms with E-state index in [1.807, 2.05) is 34.7 Å². The number of rotatable bonds is 7. The fraction of sp³-hybridized carbons (Fsp3) is 0.643. The van der Waals surface area contributed by atoms with E-state index < -0.39 is 5.97 Å². The Morgan fingerprint density at radius 3 is 2.38 bits per heavy atom. The minimum absolute atomic E-state index is 0.0538. The first-order valence-electron chi connectivity index (χ1n) is 6.95. The number of carboxylic acid groups (broad SMARTS) is 1. The van der Waals surface area contributed by atoms with E-state index in [9.17, 15) is 9.59 Å². The van der Waals surface area contributed by atoms with Gasteiger partial charge in [0.1, 0.15) is 0 Å². The van der Waals surface area contributed by atoms with Crippen molar-refractivity contribution in [2.75, 3.05) is 25.0 Å². The second kappa shape index (κ2) is 7.21. The lowest BCUT2D eigenvalue weighted by Crippen LogP contribution is -2.39. The predicted octanol–water partition coefficient (Wildman–Crippen LogP) is 1.02. The zero-order valence-corrected chi connectivity index (χ0v) is 13.3. The second-order valence-electron chi connectivity index (χ2n) is 5.67. The van der Waals surface area contributed by atoms with Crippen molar-refractivity contribution < 1.29 is 14.7 Å². The Bertz CT molecular complexity index is 523. The molecular formula is C14H24N4O3. The van der Waals surface area contributed by atoms with Crippen LogP contribution in [0.5, 0.6) is 0 Å². The van der Waals surface area contributed by atoms with Crippen LogP contribution in [0.1, 0.15) is 25.2 Å². The Hall–Kier alpha value is -1.89. The zero-order chi connectivity index (χ0) is 16.2. The average molecular weight is 296 g/mol. The molecule has 7 nitrogen and oxygen atoms in total. The Morgan fingerprint density at radius 2 is 1.95 bits per heavy atom. The molecular weight excluding hydrogens is 272 g/mol. The van der Waals surface area contributed by atoms with Crippen LogP contribution in [0.25, 0.3) is 0 Å². The smallest absolute Gasteiger partial charge is 0.317 e. The molecule has 2 N–H and O–H groups in total. The van der Waals surface area contributed by atoms with Crippen LogP contribution in [-0.4, -0.2) is 51.3 Å². The highest BCUT2D eigenvalue weighted by Gasteiger charge is 2.17. The number of aromatic nitrogens is 2. The molecule has 0 unspecified atom stereocenters. The van der Waals surface area contributed by atoms with E-state index >= 15 is 0 Å². The SMILES string of the molecule is Cc1nn(C)c(C)c1NC(=O)CN(CC(=O)O)CC(C)C. The summed E-state index contributed by atoms with van der Waals surface area (Å²) in [4.78, 5) is 24.6. The van der Waals surface area contributed by atoms with Crippen LogP contribution in [0, 0.1) is 19.8 Å². The van der Waals surface area contributed by atoms with Gasteiger partial charge in [-0.15, -0.1) is 0 Å². The summed E-state index contributed by atoms with van der Waals surface area (Å²) >= 11 is 0. The van der Waals surface area contributed by atoms with Crippen molar-refractivity contribution in [1.82, 2.24) is 14.7 Å². The van der Waals surface area contributed by atoms with Crippen molar-refractivity contribution in [2.24, 2.45) is 13.0 Å². The molecule has 118 valence electrons. The van der Waals surface area contributed by atoms with Crippen LogP contribution in [0.2, 0.25) is 0 Å². The van der Waals surface area contributed by atoms with Crippen molar-refractivity contribution in [1.29, 1.82) is 0 Å². The number of aryl methyl sites for hydroxylation is 2. The van der Waals surface area contributed by atoms with Gasteiger partial charge in [-0.2, -0.15) is 5.10 Å². The number of nitrogens with zero attached hydrogens (tertiary/aromatic N) is 3. The fourth-order valence-corrected chi connectivity index (χ4v) is 2.23. The topological polar surface area (TPSA) is 87.5 Å². The Labute approximate surface area is 124 Å². The molecule has 7 heteroatoms. The van der Waals surface area contributed by atoms with Gasteiger partial charge in [-0.05, 0) is 19.8 Å². The molecule has 1 heterocycles. The van der Waals surface area contributed by atoms with E-state index in [0.717, 1.165) is 11.4 Å². The minimum Gasteiger partial charge on any atom is -0.480 e. The van der Waals surface area contributed by atoms with E-state index in [4.69, 9.17) is 5.11 Å². The number of carbonyl (C=O) groups excluding carboxylic acids is 1. The van der Waals surface area contributed by atoms with Crippen LogP contribution >= 0.6 is 0 Å². The second-order valence-corrected chi connectivity index (χ2v) is 5.67. The summed E-state index contributed by atoms with van der Waals surface area (Å²) in [6, 6.07) is 0. The van der Waals surface area contributed by atoms with Crippen molar-refractivity contribution >= 4 is 17.6 Å². The number of nitrogens with one attached hydrogen (secondary N) is 1. The van der Waals surface area contributed by atoms with Gasteiger partial charge < -0.3 is 10.4 Å². The van der Waals surface area contributed by atoms with Gasteiger partial charge in [-0.3, -0.25) is 19.2 Å². The monoisotopic (exact) mass is 296 g/mol. The number of aliphatic carboxylic acids is 1. The van der Waals surface area contributed by atoms with Crippen LogP contribution < -0.4 is 5.32 Å². The molecule has 0 aromatic carbocycles. The maximum Gasteiger partial charge on any atom is 0.317 e. The summed E-state index contributed by atoms with van der Waals surface area (Å²) in [5.41, 5.74) is 2.31. The Kier molecular flexibility index (Phi) is 5.90. The number of anilines is 1. The molecule has 1 amide bonds. The molecule has 0 atom stereocenters. The van der Waals surface area contributed by atoms with Gasteiger partial charge in [0.15, 0.2) is 0 Å². The zero-order valence-electron chi connectivity index (χ0n) is 13.3. The molecule has 0 radical (unpaired) electrons. The summed E-state index contributed by atoms with van der Waals surface area (Å²) in [6.45, 7) is 8.15. The molecule has 0 aliphatic rings. The molecule has 0 saturated heterocycles. The lowest BCUT2D eigenvalue weighted by Gasteiger charge is -2.21. The van der Waals surface area contributed by atoms with Gasteiger partial charge in [0.25, 0.3) is 0 Å². The summed E-state index contributed by atoms with van der Waals surface area (Å²) in [5.74, 6) is -0.868. The fourth-order valence-electron chi connectivity index (χ4n) is 2.23. The van der Waals surface area contributed by atoms with E-state index in [1.54, 1.807) is 9.58 Å². The maximum absolute atomic E-state index is 12.1. The summed E-state index contributed by atoms with van der Waals surface area (Å²) in [6.07, 6.45) is 0. The predicted molar refractivity (Wildman–Crippen MR) is 80.2 cm³/mol. The quantitative estimate of drug-likeness (QED) is 0.784. The van der Waals surface area contributed by atoms with Gasteiger partial charge in [-0.1, -0.05) is 13.8 Å². The third kappa shape index (κ3) is 5.18. The Morgan fingerprint density at radius 1 is 1.33 bits per heavy atom. The third-order valence-corrected chi connectivity index (χ3v) is 3.12. The minimum atomic E-state index is -0.933. The highest BCUT2D eigenvalue weighted by molar-refractivity contribution is 5.93. The van der Waals surface area contributed by atoms with E-state index in [1.165, 1.54) is 0 Å². The van der Waals surface area contributed by atoms with Gasteiger partial charge in [0, 0.05) is 13.6 Å². The van der Waals surface area contributed by atoms with Gasteiger partial charge in [-0.25, -0.2) is 0 Å². The maximum atomic E-state index is 12.1. The van der Waals surface area contributed by atoms with Crippen LogP contribution in [0.15, 0.2) is 0 Å².